The molecule has 1 unspecified atom stereocenters. The average Bonchev–Trinajstić information content (AvgIpc) is 2.95. The van der Waals surface area contributed by atoms with E-state index in [2.05, 4.69) is 15.6 Å². The van der Waals surface area contributed by atoms with Gasteiger partial charge in [-0.25, -0.2) is 4.79 Å². The van der Waals surface area contributed by atoms with Crippen LogP contribution in [0.4, 0.5) is 10.5 Å². The molecule has 1 aromatic heterocycles. The van der Waals surface area contributed by atoms with Crippen molar-refractivity contribution in [3.05, 3.63) is 65.5 Å². The van der Waals surface area contributed by atoms with E-state index in [9.17, 15) is 14.4 Å². The van der Waals surface area contributed by atoms with Crippen molar-refractivity contribution in [2.75, 3.05) is 46.2 Å². The fraction of sp³-hybridized carbons (Fsp3) is 0.333. The zero-order chi connectivity index (χ0) is 29.0. The summed E-state index contributed by atoms with van der Waals surface area (Å²) in [6.07, 6.45) is 1.81. The van der Waals surface area contributed by atoms with E-state index in [-0.39, 0.29) is 13.2 Å². The number of pyridine rings is 1. The Morgan fingerprint density at radius 1 is 1.07 bits per heavy atom. The van der Waals surface area contributed by atoms with Crippen molar-refractivity contribution in [1.82, 2.24) is 20.1 Å². The molecule has 210 valence electrons. The number of imide groups is 1. The number of rotatable bonds is 9. The number of nitrogens with one attached hydrogen (secondary N) is 2. The number of aliphatic hydroxyl groups excluding tert-OH is 1. The second-order valence-electron chi connectivity index (χ2n) is 9.83. The molecule has 4 rings (SSSR count). The molecule has 2 aromatic carbocycles. The van der Waals surface area contributed by atoms with Crippen LogP contribution in [0.2, 0.25) is 0 Å². The van der Waals surface area contributed by atoms with Crippen LogP contribution in [0.3, 0.4) is 0 Å². The van der Waals surface area contributed by atoms with Gasteiger partial charge in [0.05, 0.1) is 19.4 Å². The van der Waals surface area contributed by atoms with Crippen LogP contribution in [0.15, 0.2) is 48.7 Å². The predicted molar refractivity (Wildman–Crippen MR) is 153 cm³/mol. The normalized spacial score (nSPS) is 15.4. The lowest BCUT2D eigenvalue weighted by Gasteiger charge is -2.33. The summed E-state index contributed by atoms with van der Waals surface area (Å²) in [5.74, 6) is -1.29. The summed E-state index contributed by atoms with van der Waals surface area (Å²) in [6, 6.07) is 13.2. The van der Waals surface area contributed by atoms with Crippen molar-refractivity contribution >= 4 is 23.5 Å². The molecule has 1 saturated heterocycles. The Bertz CT molecular complexity index is 1440. The van der Waals surface area contributed by atoms with Crippen molar-refractivity contribution < 1.29 is 24.2 Å². The highest BCUT2D eigenvalue weighted by Gasteiger charge is 2.39. The van der Waals surface area contributed by atoms with E-state index in [0.717, 1.165) is 44.0 Å². The lowest BCUT2D eigenvalue weighted by atomic mass is 9.90. The molecule has 0 bridgehead atoms. The molecular formula is C30H35N5O5. The van der Waals surface area contributed by atoms with Crippen LogP contribution in [-0.2, 0) is 16.1 Å². The van der Waals surface area contributed by atoms with Crippen molar-refractivity contribution in [2.45, 2.75) is 20.4 Å². The molecule has 1 atom stereocenters. The van der Waals surface area contributed by atoms with E-state index in [0.29, 0.717) is 24.5 Å². The van der Waals surface area contributed by atoms with Crippen LogP contribution in [0.5, 0.6) is 5.75 Å². The molecule has 3 aromatic rings. The fourth-order valence-electron chi connectivity index (χ4n) is 4.95. The SMILES string of the molecule is COc1cc(-c2cccc(-c3cccc(NC(=O)C4CN(C)C(=O)N(C)C4=O)c3C)c2C)cnc1CNCCO. The quantitative estimate of drug-likeness (QED) is 0.279. The van der Waals surface area contributed by atoms with Crippen LogP contribution < -0.4 is 15.4 Å². The minimum atomic E-state index is -0.981. The molecular weight excluding hydrogens is 510 g/mol. The van der Waals surface area contributed by atoms with E-state index >= 15 is 0 Å². The molecule has 3 N–H and O–H groups in total. The van der Waals surface area contributed by atoms with E-state index in [1.165, 1.54) is 11.9 Å². The molecule has 0 radical (unpaired) electrons. The zero-order valence-electron chi connectivity index (χ0n) is 23.4. The number of anilines is 1. The molecule has 2 heterocycles. The van der Waals surface area contributed by atoms with Gasteiger partial charge in [0, 0.05) is 51.2 Å². The summed E-state index contributed by atoms with van der Waals surface area (Å²) < 4.78 is 5.59. The van der Waals surface area contributed by atoms with Gasteiger partial charge in [-0.15, -0.1) is 0 Å². The number of methoxy groups -OCH3 is 1. The summed E-state index contributed by atoms with van der Waals surface area (Å²) in [7, 11) is 4.56. The third-order valence-corrected chi connectivity index (χ3v) is 7.27. The summed E-state index contributed by atoms with van der Waals surface area (Å²) in [6.45, 7) is 5.00. The van der Waals surface area contributed by atoms with Gasteiger partial charge < -0.3 is 25.4 Å². The number of hydrogen-bond donors (Lipinski definition) is 3. The number of aliphatic hydroxyl groups is 1. The molecule has 1 aliphatic heterocycles. The van der Waals surface area contributed by atoms with Gasteiger partial charge in [-0.3, -0.25) is 19.5 Å². The van der Waals surface area contributed by atoms with Gasteiger partial charge in [-0.1, -0.05) is 30.3 Å². The second-order valence-corrected chi connectivity index (χ2v) is 9.83. The van der Waals surface area contributed by atoms with Gasteiger partial charge in [0.15, 0.2) is 0 Å². The number of ether oxygens (including phenoxy) is 1. The number of carbonyl (C=O) groups excluding carboxylic acids is 3. The Morgan fingerprint density at radius 3 is 2.45 bits per heavy atom. The first-order valence-corrected chi connectivity index (χ1v) is 13.1. The van der Waals surface area contributed by atoms with E-state index < -0.39 is 23.8 Å². The van der Waals surface area contributed by atoms with Crippen LogP contribution >= 0.6 is 0 Å². The number of amides is 4. The van der Waals surface area contributed by atoms with Gasteiger partial charge in [-0.05, 0) is 53.8 Å². The maximum atomic E-state index is 13.1. The number of aromatic nitrogens is 1. The third-order valence-electron chi connectivity index (χ3n) is 7.27. The van der Waals surface area contributed by atoms with Crippen LogP contribution in [0, 0.1) is 19.8 Å². The number of nitrogens with zero attached hydrogens (tertiary/aromatic N) is 3. The predicted octanol–water partition coefficient (Wildman–Crippen LogP) is 3.20. The molecule has 40 heavy (non-hydrogen) atoms. The van der Waals surface area contributed by atoms with Crippen LogP contribution in [0.1, 0.15) is 16.8 Å². The van der Waals surface area contributed by atoms with Crippen molar-refractivity contribution in [3.8, 4) is 28.0 Å². The van der Waals surface area contributed by atoms with Crippen LogP contribution in [0.25, 0.3) is 22.3 Å². The van der Waals surface area contributed by atoms with Gasteiger partial charge in [0.1, 0.15) is 11.7 Å². The molecule has 4 amide bonds. The summed E-state index contributed by atoms with van der Waals surface area (Å²) in [5.41, 5.74) is 7.10. The Balaban J connectivity index is 1.63. The van der Waals surface area contributed by atoms with Gasteiger partial charge in [-0.2, -0.15) is 0 Å². The second kappa shape index (κ2) is 12.3. The number of urea groups is 1. The first-order chi connectivity index (χ1) is 19.2. The Morgan fingerprint density at radius 2 is 1.75 bits per heavy atom. The Kier molecular flexibility index (Phi) is 8.81. The molecule has 1 fully saturated rings. The first-order valence-electron chi connectivity index (χ1n) is 13.1. The number of benzene rings is 2. The summed E-state index contributed by atoms with van der Waals surface area (Å²) in [4.78, 5) is 44.8. The lowest BCUT2D eigenvalue weighted by molar-refractivity contribution is -0.140. The maximum absolute atomic E-state index is 13.1. The minimum absolute atomic E-state index is 0.0293. The number of carbonyl (C=O) groups is 3. The highest BCUT2D eigenvalue weighted by atomic mass is 16.5. The van der Waals surface area contributed by atoms with E-state index in [1.54, 1.807) is 20.2 Å². The maximum Gasteiger partial charge on any atom is 0.326 e. The summed E-state index contributed by atoms with van der Waals surface area (Å²) in [5, 5.41) is 15.1. The Hall–Kier alpha value is -4.28. The standard InChI is InChI=1S/C30H35N5O5/c1-18-21(20-14-27(40-5)26(32-15-20)16-31-12-13-36)8-6-9-22(18)23-10-7-11-25(19(23)2)33-28(37)24-17-34(3)30(39)35(4)29(24)38/h6-11,14-15,24,31,36H,12-13,16-17H2,1-5H3,(H,33,37). The topological polar surface area (TPSA) is 124 Å². The van der Waals surface area contributed by atoms with Gasteiger partial charge in [0.2, 0.25) is 11.8 Å². The van der Waals surface area contributed by atoms with E-state index in [1.807, 2.05) is 56.4 Å². The molecule has 0 saturated carbocycles. The Labute approximate surface area is 234 Å². The third kappa shape index (κ3) is 5.68. The molecule has 10 heteroatoms. The molecule has 10 nitrogen and oxygen atoms in total. The molecule has 0 aliphatic carbocycles. The zero-order valence-corrected chi connectivity index (χ0v) is 23.4. The molecule has 0 spiro atoms. The monoisotopic (exact) mass is 545 g/mol. The van der Waals surface area contributed by atoms with Gasteiger partial charge >= 0.3 is 6.03 Å². The van der Waals surface area contributed by atoms with E-state index in [4.69, 9.17) is 9.84 Å². The van der Waals surface area contributed by atoms with Crippen molar-refractivity contribution in [3.63, 3.8) is 0 Å². The average molecular weight is 546 g/mol. The van der Waals surface area contributed by atoms with Crippen molar-refractivity contribution in [1.29, 1.82) is 0 Å². The largest absolute Gasteiger partial charge is 0.495 e. The van der Waals surface area contributed by atoms with Gasteiger partial charge in [0.25, 0.3) is 0 Å². The molecule has 1 aliphatic rings. The summed E-state index contributed by atoms with van der Waals surface area (Å²) >= 11 is 0. The first kappa shape index (κ1) is 28.7. The van der Waals surface area contributed by atoms with Crippen LogP contribution in [-0.4, -0.2) is 78.6 Å². The minimum Gasteiger partial charge on any atom is -0.495 e. The highest BCUT2D eigenvalue weighted by Crippen LogP contribution is 2.36. The smallest absolute Gasteiger partial charge is 0.326 e. The highest BCUT2D eigenvalue weighted by molar-refractivity contribution is 6.12. The lowest BCUT2D eigenvalue weighted by Crippen LogP contribution is -2.56. The number of hydrogen-bond acceptors (Lipinski definition) is 7. The van der Waals surface area contributed by atoms with Crippen molar-refractivity contribution in [2.24, 2.45) is 5.92 Å². The fourth-order valence-corrected chi connectivity index (χ4v) is 4.95.